The topological polar surface area (TPSA) is 69.0 Å². The number of hydrogen-bond donors (Lipinski definition) is 1. The summed E-state index contributed by atoms with van der Waals surface area (Å²) in [4.78, 5) is 21.2. The van der Waals surface area contributed by atoms with Crippen molar-refractivity contribution >= 4 is 10.9 Å². The Morgan fingerprint density at radius 2 is 2.30 bits per heavy atom. The molecule has 1 aliphatic rings. The monoisotopic (exact) mass is 274 g/mol. The molecule has 1 saturated heterocycles. The first-order valence-corrected chi connectivity index (χ1v) is 6.69. The molecule has 1 atom stereocenters. The number of fused-ring (bicyclic) bond motifs is 1. The summed E-state index contributed by atoms with van der Waals surface area (Å²) in [6, 6.07) is 0. The molecular weight excluding hydrogens is 256 g/mol. The van der Waals surface area contributed by atoms with Crippen molar-refractivity contribution in [3.05, 3.63) is 28.6 Å². The molecule has 1 fully saturated rings. The molecule has 20 heavy (non-hydrogen) atoms. The number of rotatable bonds is 2. The highest BCUT2D eigenvalue weighted by molar-refractivity contribution is 5.82. The lowest BCUT2D eigenvalue weighted by molar-refractivity contribution is 0.330. The Kier molecular flexibility index (Phi) is 2.97. The molecule has 0 aromatic carbocycles. The fourth-order valence-corrected chi connectivity index (χ4v) is 2.76. The third-order valence-corrected chi connectivity index (χ3v) is 3.97. The SMILES string of the molecule is COc1c(=O)n(C2(C)CCNC2)cc2cnc(C)nc12. The molecule has 0 saturated carbocycles. The molecule has 0 radical (unpaired) electrons. The molecule has 0 amide bonds. The Balaban J connectivity index is 2.32. The lowest BCUT2D eigenvalue weighted by Gasteiger charge is -2.26. The summed E-state index contributed by atoms with van der Waals surface area (Å²) in [7, 11) is 1.51. The van der Waals surface area contributed by atoms with Crippen LogP contribution in [0.25, 0.3) is 10.9 Å². The molecule has 1 N–H and O–H groups in total. The maximum absolute atomic E-state index is 12.7. The molecule has 0 spiro atoms. The quantitative estimate of drug-likeness (QED) is 0.878. The Morgan fingerprint density at radius 1 is 1.50 bits per heavy atom. The Hall–Kier alpha value is -1.95. The minimum Gasteiger partial charge on any atom is -0.490 e. The molecule has 1 unspecified atom stereocenters. The highest BCUT2D eigenvalue weighted by atomic mass is 16.5. The second-order valence-corrected chi connectivity index (χ2v) is 5.48. The average molecular weight is 274 g/mol. The molecule has 1 aliphatic heterocycles. The van der Waals surface area contributed by atoms with Crippen molar-refractivity contribution in [2.24, 2.45) is 0 Å². The van der Waals surface area contributed by atoms with Crippen LogP contribution in [-0.2, 0) is 5.54 Å². The van der Waals surface area contributed by atoms with Crippen molar-refractivity contribution in [3.63, 3.8) is 0 Å². The van der Waals surface area contributed by atoms with Gasteiger partial charge >= 0.3 is 0 Å². The van der Waals surface area contributed by atoms with Crippen LogP contribution in [0.15, 0.2) is 17.2 Å². The van der Waals surface area contributed by atoms with E-state index in [0.717, 1.165) is 24.9 Å². The number of pyridine rings is 1. The number of aryl methyl sites for hydroxylation is 1. The predicted molar refractivity (Wildman–Crippen MR) is 76.2 cm³/mol. The zero-order chi connectivity index (χ0) is 14.3. The standard InChI is InChI=1S/C14H18N4O2/c1-9-16-6-10-7-18(14(2)4-5-15-8-14)13(19)12(20-3)11(10)17-9/h6-7,15H,4-5,8H2,1-3H3. The van der Waals surface area contributed by atoms with Crippen LogP contribution in [0.5, 0.6) is 5.75 Å². The summed E-state index contributed by atoms with van der Waals surface area (Å²) in [5, 5.41) is 4.12. The van der Waals surface area contributed by atoms with E-state index in [1.54, 1.807) is 17.7 Å². The van der Waals surface area contributed by atoms with Crippen LogP contribution in [0, 0.1) is 6.92 Å². The van der Waals surface area contributed by atoms with Crippen molar-refractivity contribution in [2.45, 2.75) is 25.8 Å². The van der Waals surface area contributed by atoms with Crippen LogP contribution in [0.2, 0.25) is 0 Å². The summed E-state index contributed by atoms with van der Waals surface area (Å²) in [5.41, 5.74) is 0.212. The van der Waals surface area contributed by atoms with E-state index in [-0.39, 0.29) is 11.1 Å². The minimum atomic E-state index is -0.233. The van der Waals surface area contributed by atoms with Crippen LogP contribution in [0.1, 0.15) is 19.2 Å². The smallest absolute Gasteiger partial charge is 0.295 e. The molecule has 6 heteroatoms. The van der Waals surface area contributed by atoms with Gasteiger partial charge in [-0.15, -0.1) is 0 Å². The fourth-order valence-electron chi connectivity index (χ4n) is 2.76. The number of nitrogens with one attached hydrogen (secondary N) is 1. The van der Waals surface area contributed by atoms with E-state index < -0.39 is 0 Å². The average Bonchev–Trinajstić information content (AvgIpc) is 2.86. The van der Waals surface area contributed by atoms with Gasteiger partial charge in [-0.25, -0.2) is 9.97 Å². The number of aromatic nitrogens is 3. The molecule has 106 valence electrons. The maximum atomic E-state index is 12.7. The number of ether oxygens (including phenoxy) is 1. The minimum absolute atomic E-state index is 0.135. The lowest BCUT2D eigenvalue weighted by atomic mass is 10.0. The van der Waals surface area contributed by atoms with E-state index in [4.69, 9.17) is 4.74 Å². The van der Waals surface area contributed by atoms with Gasteiger partial charge in [-0.3, -0.25) is 4.79 Å². The summed E-state index contributed by atoms with van der Waals surface area (Å²) >= 11 is 0. The van der Waals surface area contributed by atoms with E-state index in [1.807, 2.05) is 6.20 Å². The van der Waals surface area contributed by atoms with Crippen molar-refractivity contribution in [2.75, 3.05) is 20.2 Å². The largest absolute Gasteiger partial charge is 0.490 e. The van der Waals surface area contributed by atoms with Gasteiger partial charge in [0.2, 0.25) is 5.75 Å². The lowest BCUT2D eigenvalue weighted by Crippen LogP contribution is -2.40. The van der Waals surface area contributed by atoms with Gasteiger partial charge in [0.15, 0.2) is 0 Å². The van der Waals surface area contributed by atoms with Gasteiger partial charge in [0.1, 0.15) is 11.3 Å². The third-order valence-electron chi connectivity index (χ3n) is 3.97. The van der Waals surface area contributed by atoms with Crippen molar-refractivity contribution in [3.8, 4) is 5.75 Å². The molecular formula is C14H18N4O2. The first-order valence-electron chi connectivity index (χ1n) is 6.69. The molecule has 3 heterocycles. The van der Waals surface area contributed by atoms with Crippen molar-refractivity contribution in [1.82, 2.24) is 19.9 Å². The van der Waals surface area contributed by atoms with Crippen LogP contribution >= 0.6 is 0 Å². The van der Waals surface area contributed by atoms with Gasteiger partial charge in [0.05, 0.1) is 12.6 Å². The maximum Gasteiger partial charge on any atom is 0.295 e. The van der Waals surface area contributed by atoms with Crippen LogP contribution in [0.3, 0.4) is 0 Å². The van der Waals surface area contributed by atoms with Crippen LogP contribution < -0.4 is 15.6 Å². The first-order chi connectivity index (χ1) is 9.55. The van der Waals surface area contributed by atoms with Crippen LogP contribution in [-0.4, -0.2) is 34.7 Å². The highest BCUT2D eigenvalue weighted by Gasteiger charge is 2.32. The molecule has 2 aromatic rings. The van der Waals surface area contributed by atoms with E-state index in [0.29, 0.717) is 17.1 Å². The Labute approximate surface area is 116 Å². The van der Waals surface area contributed by atoms with Gasteiger partial charge in [-0.05, 0) is 26.8 Å². The van der Waals surface area contributed by atoms with Gasteiger partial charge in [-0.1, -0.05) is 0 Å². The number of hydrogen-bond acceptors (Lipinski definition) is 5. The van der Waals surface area contributed by atoms with Gasteiger partial charge < -0.3 is 14.6 Å². The second-order valence-electron chi connectivity index (χ2n) is 5.48. The number of nitrogens with zero attached hydrogens (tertiary/aromatic N) is 3. The zero-order valence-corrected chi connectivity index (χ0v) is 11.9. The Bertz CT molecular complexity index is 717. The fraction of sp³-hybridized carbons (Fsp3) is 0.500. The zero-order valence-electron chi connectivity index (χ0n) is 11.9. The molecule has 0 bridgehead atoms. The predicted octanol–water partition coefficient (Wildman–Crippen LogP) is 0.817. The second kappa shape index (κ2) is 4.56. The third kappa shape index (κ3) is 1.87. The van der Waals surface area contributed by atoms with Crippen molar-refractivity contribution < 1.29 is 4.74 Å². The Morgan fingerprint density at radius 3 is 2.95 bits per heavy atom. The summed E-state index contributed by atoms with van der Waals surface area (Å²) in [6.07, 6.45) is 4.49. The first kappa shape index (κ1) is 13.1. The summed E-state index contributed by atoms with van der Waals surface area (Å²) in [6.45, 7) is 5.56. The molecule has 0 aliphatic carbocycles. The van der Waals surface area contributed by atoms with Crippen molar-refractivity contribution in [1.29, 1.82) is 0 Å². The van der Waals surface area contributed by atoms with E-state index in [9.17, 15) is 4.79 Å². The van der Waals surface area contributed by atoms with Gasteiger partial charge in [-0.2, -0.15) is 0 Å². The van der Waals surface area contributed by atoms with Crippen LogP contribution in [0.4, 0.5) is 0 Å². The normalized spacial score (nSPS) is 22.4. The van der Waals surface area contributed by atoms with E-state index in [2.05, 4.69) is 22.2 Å². The van der Waals surface area contributed by atoms with Gasteiger partial charge in [0, 0.05) is 24.3 Å². The molecule has 6 nitrogen and oxygen atoms in total. The summed E-state index contributed by atoms with van der Waals surface area (Å²) in [5.74, 6) is 0.919. The molecule has 2 aromatic heterocycles. The van der Waals surface area contributed by atoms with Gasteiger partial charge in [0.25, 0.3) is 5.56 Å². The van der Waals surface area contributed by atoms with E-state index in [1.165, 1.54) is 7.11 Å². The summed E-state index contributed by atoms with van der Waals surface area (Å²) < 4.78 is 7.07. The molecule has 3 rings (SSSR count). The number of methoxy groups -OCH3 is 1. The van der Waals surface area contributed by atoms with E-state index >= 15 is 0 Å². The highest BCUT2D eigenvalue weighted by Crippen LogP contribution is 2.26.